The summed E-state index contributed by atoms with van der Waals surface area (Å²) in [4.78, 5) is 0. The van der Waals surface area contributed by atoms with E-state index in [4.69, 9.17) is 0 Å². The molecule has 2 rings (SSSR count). The SMILES string of the molecule is CC1(C)C2CCC1([N+](C)(C)S(C)(=O)=O)C(O)C2. The number of fused-ring (bicyclic) bond motifs is 2. The van der Waals surface area contributed by atoms with Gasteiger partial charge in [0, 0.05) is 11.8 Å². The molecule has 0 aromatic rings. The summed E-state index contributed by atoms with van der Waals surface area (Å²) in [5, 5.41) is 10.4. The second kappa shape index (κ2) is 3.25. The molecule has 3 atom stereocenters. The van der Waals surface area contributed by atoms with Gasteiger partial charge in [0.2, 0.25) is 0 Å². The summed E-state index contributed by atoms with van der Waals surface area (Å²) in [5.41, 5.74) is -0.676. The van der Waals surface area contributed by atoms with Crippen LogP contribution < -0.4 is 0 Å². The van der Waals surface area contributed by atoms with Crippen LogP contribution in [0.15, 0.2) is 0 Å². The Kier molecular flexibility index (Phi) is 2.54. The smallest absolute Gasteiger partial charge is 0.294 e. The molecular weight excluding hydrogens is 238 g/mol. The number of rotatable bonds is 2. The van der Waals surface area contributed by atoms with Gasteiger partial charge in [0.05, 0.1) is 20.4 Å². The van der Waals surface area contributed by atoms with Crippen molar-refractivity contribution in [1.29, 1.82) is 0 Å². The molecule has 0 aliphatic heterocycles. The molecule has 0 saturated heterocycles. The maximum atomic E-state index is 12.1. The van der Waals surface area contributed by atoms with Crippen molar-refractivity contribution < 1.29 is 17.4 Å². The zero-order chi connectivity index (χ0) is 13.3. The third-order valence-electron chi connectivity index (χ3n) is 5.86. The molecule has 1 N–H and O–H groups in total. The number of likely N-dealkylation sites (N-methyl/N-ethyl adjacent to an activating group) is 1. The highest BCUT2D eigenvalue weighted by atomic mass is 32.2. The molecule has 0 spiro atoms. The van der Waals surface area contributed by atoms with Gasteiger partial charge in [-0.05, 0) is 18.8 Å². The maximum Gasteiger partial charge on any atom is 0.294 e. The van der Waals surface area contributed by atoms with Crippen molar-refractivity contribution in [3.05, 3.63) is 0 Å². The highest BCUT2D eigenvalue weighted by Gasteiger charge is 2.74. The molecule has 2 aliphatic rings. The van der Waals surface area contributed by atoms with E-state index in [1.54, 1.807) is 14.1 Å². The normalized spacial score (nSPS) is 40.8. The summed E-state index contributed by atoms with van der Waals surface area (Å²) in [6.45, 7) is 4.23. The van der Waals surface area contributed by atoms with Crippen molar-refractivity contribution in [2.75, 3.05) is 20.4 Å². The molecule has 4 nitrogen and oxygen atoms in total. The van der Waals surface area contributed by atoms with E-state index in [0.717, 1.165) is 19.3 Å². The molecule has 17 heavy (non-hydrogen) atoms. The van der Waals surface area contributed by atoms with Gasteiger partial charge in [0.1, 0.15) is 11.6 Å². The van der Waals surface area contributed by atoms with E-state index < -0.39 is 21.7 Å². The monoisotopic (exact) mass is 262 g/mol. The summed E-state index contributed by atoms with van der Waals surface area (Å²) in [6, 6.07) is 0. The van der Waals surface area contributed by atoms with Crippen molar-refractivity contribution in [3.8, 4) is 0 Å². The lowest BCUT2D eigenvalue weighted by Gasteiger charge is -2.50. The van der Waals surface area contributed by atoms with Crippen molar-refractivity contribution in [2.45, 2.75) is 44.8 Å². The second-order valence-corrected chi connectivity index (χ2v) is 9.10. The number of aliphatic hydroxyl groups is 1. The van der Waals surface area contributed by atoms with Crippen molar-refractivity contribution in [3.63, 3.8) is 0 Å². The molecule has 3 unspecified atom stereocenters. The Labute approximate surface area is 104 Å². The highest BCUT2D eigenvalue weighted by molar-refractivity contribution is 7.85. The summed E-state index contributed by atoms with van der Waals surface area (Å²) in [5.74, 6) is 0.441. The van der Waals surface area contributed by atoms with Gasteiger partial charge in [0.25, 0.3) is 10.0 Å². The summed E-state index contributed by atoms with van der Waals surface area (Å²) < 4.78 is 24.1. The molecule has 0 amide bonds. The Morgan fingerprint density at radius 3 is 2.12 bits per heavy atom. The number of hydrogen-bond donors (Lipinski definition) is 1. The topological polar surface area (TPSA) is 54.4 Å². The quantitative estimate of drug-likeness (QED) is 0.754. The van der Waals surface area contributed by atoms with Crippen LogP contribution in [0.25, 0.3) is 0 Å². The number of aliphatic hydroxyl groups excluding tert-OH is 1. The van der Waals surface area contributed by atoms with Crippen LogP contribution in [0.1, 0.15) is 33.1 Å². The Morgan fingerprint density at radius 2 is 1.82 bits per heavy atom. The first kappa shape index (κ1) is 13.3. The predicted octanol–water partition coefficient (Wildman–Crippen LogP) is 0.962. The predicted molar refractivity (Wildman–Crippen MR) is 66.8 cm³/mol. The van der Waals surface area contributed by atoms with Gasteiger partial charge >= 0.3 is 0 Å². The molecule has 0 aromatic carbocycles. The van der Waals surface area contributed by atoms with E-state index >= 15 is 0 Å². The molecule has 0 radical (unpaired) electrons. The zero-order valence-corrected chi connectivity index (χ0v) is 12.2. The summed E-state index contributed by atoms with van der Waals surface area (Å²) in [7, 11) is 0.204. The van der Waals surface area contributed by atoms with Gasteiger partial charge in [-0.3, -0.25) is 0 Å². The lowest BCUT2D eigenvalue weighted by atomic mass is 9.74. The van der Waals surface area contributed by atoms with E-state index in [1.807, 2.05) is 0 Å². The average Bonchev–Trinajstić information content (AvgIpc) is 2.48. The number of hydrogen-bond acceptors (Lipinski definition) is 3. The summed E-state index contributed by atoms with van der Waals surface area (Å²) in [6.07, 6.45) is 3.33. The lowest BCUT2D eigenvalue weighted by Crippen LogP contribution is -2.69. The maximum absolute atomic E-state index is 12.1. The summed E-state index contributed by atoms with van der Waals surface area (Å²) >= 11 is 0. The van der Waals surface area contributed by atoms with E-state index in [0.29, 0.717) is 5.92 Å². The van der Waals surface area contributed by atoms with Crippen LogP contribution in [-0.4, -0.2) is 49.4 Å². The zero-order valence-electron chi connectivity index (χ0n) is 11.4. The Morgan fingerprint density at radius 1 is 1.29 bits per heavy atom. The fourth-order valence-electron chi connectivity index (χ4n) is 4.52. The largest absolute Gasteiger partial charge is 0.387 e. The van der Waals surface area contributed by atoms with Crippen molar-refractivity contribution >= 4 is 10.0 Å². The molecule has 0 heterocycles. The first-order chi connectivity index (χ1) is 7.48. The lowest BCUT2D eigenvalue weighted by molar-refractivity contribution is -0.836. The van der Waals surface area contributed by atoms with Gasteiger partial charge < -0.3 is 5.11 Å². The van der Waals surface area contributed by atoms with Crippen molar-refractivity contribution in [1.82, 2.24) is 0 Å². The average molecular weight is 262 g/mol. The van der Waals surface area contributed by atoms with Crippen LogP contribution in [0.4, 0.5) is 0 Å². The van der Waals surface area contributed by atoms with Gasteiger partial charge in [-0.1, -0.05) is 13.8 Å². The third kappa shape index (κ3) is 1.28. The van der Waals surface area contributed by atoms with Crippen LogP contribution in [-0.2, 0) is 10.0 Å². The Balaban J connectivity index is 2.63. The molecule has 2 saturated carbocycles. The van der Waals surface area contributed by atoms with Gasteiger partial charge in [-0.2, -0.15) is 8.42 Å². The fraction of sp³-hybridized carbons (Fsp3) is 1.00. The molecule has 0 aromatic heterocycles. The Hall–Kier alpha value is -0.130. The molecule has 100 valence electrons. The number of sulfonamides is 1. The van der Waals surface area contributed by atoms with Crippen LogP contribution in [0.5, 0.6) is 0 Å². The Bertz CT molecular complexity index is 441. The van der Waals surface area contributed by atoms with Gasteiger partial charge in [-0.25, -0.2) is 3.89 Å². The minimum Gasteiger partial charge on any atom is -0.387 e. The first-order valence-electron chi connectivity index (χ1n) is 6.21. The first-order valence-corrected chi connectivity index (χ1v) is 8.05. The van der Waals surface area contributed by atoms with E-state index in [9.17, 15) is 13.5 Å². The fourth-order valence-corrected chi connectivity index (χ4v) is 5.56. The molecule has 2 fully saturated rings. The minimum absolute atomic E-state index is 0.106. The van der Waals surface area contributed by atoms with Crippen LogP contribution in [0.2, 0.25) is 0 Å². The van der Waals surface area contributed by atoms with E-state index in [2.05, 4.69) is 13.8 Å². The third-order valence-corrected chi connectivity index (χ3v) is 7.84. The number of quaternary nitrogens is 1. The van der Waals surface area contributed by atoms with Crippen LogP contribution in [0, 0.1) is 11.3 Å². The molecule has 2 aliphatic carbocycles. The molecule has 2 bridgehead atoms. The van der Waals surface area contributed by atoms with Crippen LogP contribution >= 0.6 is 0 Å². The minimum atomic E-state index is -3.26. The van der Waals surface area contributed by atoms with E-state index in [1.165, 1.54) is 6.26 Å². The highest BCUT2D eigenvalue weighted by Crippen LogP contribution is 2.64. The molecule has 5 heteroatoms. The van der Waals surface area contributed by atoms with Crippen molar-refractivity contribution in [2.24, 2.45) is 11.3 Å². The standard InChI is InChI=1S/C12H24NO3S/c1-11(2)9-6-7-12(11,10(14)8-9)13(3,4)17(5,15)16/h9-10,14H,6-8H2,1-5H3/q+1. The van der Waals surface area contributed by atoms with E-state index in [-0.39, 0.29) is 9.30 Å². The second-order valence-electron chi connectivity index (χ2n) is 6.72. The van der Waals surface area contributed by atoms with Crippen LogP contribution in [0.3, 0.4) is 0 Å². The molecular formula is C12H24NO3S+. The van der Waals surface area contributed by atoms with Gasteiger partial charge in [-0.15, -0.1) is 0 Å². The van der Waals surface area contributed by atoms with Gasteiger partial charge in [0.15, 0.2) is 0 Å². The number of nitrogens with zero attached hydrogens (tertiary/aromatic N) is 1.